The standard InChI is InChI=1S/C8H17NO2/c1-3-8(4-2)9-11-7-5-6-10/h10H,3-7H2,1-2H3. The van der Waals surface area contributed by atoms with Crippen LogP contribution in [0.5, 0.6) is 0 Å². The molecule has 0 radical (unpaired) electrons. The van der Waals surface area contributed by atoms with Crippen molar-refractivity contribution in [3.05, 3.63) is 0 Å². The molecule has 11 heavy (non-hydrogen) atoms. The molecule has 0 heterocycles. The van der Waals surface area contributed by atoms with Crippen LogP contribution >= 0.6 is 0 Å². The van der Waals surface area contributed by atoms with E-state index >= 15 is 0 Å². The predicted octanol–water partition coefficient (Wildman–Crippen LogP) is 1.56. The highest BCUT2D eigenvalue weighted by atomic mass is 16.6. The smallest absolute Gasteiger partial charge is 0.119 e. The first-order chi connectivity index (χ1) is 5.35. The Morgan fingerprint density at radius 2 is 2.00 bits per heavy atom. The molecule has 0 aliphatic rings. The summed E-state index contributed by atoms with van der Waals surface area (Å²) in [4.78, 5) is 4.95. The second-order valence-corrected chi connectivity index (χ2v) is 2.28. The van der Waals surface area contributed by atoms with E-state index in [0.717, 1.165) is 18.6 Å². The van der Waals surface area contributed by atoms with Crippen molar-refractivity contribution in [3.63, 3.8) is 0 Å². The van der Waals surface area contributed by atoms with Gasteiger partial charge in [-0.1, -0.05) is 19.0 Å². The fourth-order valence-corrected chi connectivity index (χ4v) is 0.645. The largest absolute Gasteiger partial charge is 0.396 e. The first kappa shape index (κ1) is 10.4. The molecule has 0 saturated carbocycles. The minimum absolute atomic E-state index is 0.170. The third-order valence-electron chi connectivity index (χ3n) is 1.40. The zero-order chi connectivity index (χ0) is 8.53. The summed E-state index contributed by atoms with van der Waals surface area (Å²) < 4.78 is 0. The topological polar surface area (TPSA) is 41.8 Å². The Labute approximate surface area is 68.1 Å². The number of rotatable bonds is 6. The second kappa shape index (κ2) is 7.54. The Kier molecular flexibility index (Phi) is 7.15. The first-order valence-corrected chi connectivity index (χ1v) is 4.13. The molecule has 0 amide bonds. The van der Waals surface area contributed by atoms with E-state index in [1.165, 1.54) is 0 Å². The van der Waals surface area contributed by atoms with Gasteiger partial charge < -0.3 is 9.94 Å². The lowest BCUT2D eigenvalue weighted by Gasteiger charge is -1.99. The van der Waals surface area contributed by atoms with Gasteiger partial charge in [0.15, 0.2) is 0 Å². The van der Waals surface area contributed by atoms with Crippen LogP contribution in [-0.2, 0) is 4.84 Å². The Hall–Kier alpha value is -0.570. The van der Waals surface area contributed by atoms with Crippen LogP contribution in [0.25, 0.3) is 0 Å². The predicted molar refractivity (Wildman–Crippen MR) is 45.7 cm³/mol. The third-order valence-corrected chi connectivity index (χ3v) is 1.40. The van der Waals surface area contributed by atoms with Gasteiger partial charge in [-0.15, -0.1) is 0 Å². The molecule has 3 heteroatoms. The van der Waals surface area contributed by atoms with Crippen LogP contribution in [0.1, 0.15) is 33.1 Å². The van der Waals surface area contributed by atoms with Gasteiger partial charge in [-0.25, -0.2) is 0 Å². The van der Waals surface area contributed by atoms with Gasteiger partial charge in [-0.05, 0) is 12.8 Å². The zero-order valence-electron chi connectivity index (χ0n) is 7.34. The van der Waals surface area contributed by atoms with Crippen LogP contribution in [-0.4, -0.2) is 24.0 Å². The van der Waals surface area contributed by atoms with Crippen molar-refractivity contribution >= 4 is 5.71 Å². The van der Waals surface area contributed by atoms with Crippen LogP contribution in [0.3, 0.4) is 0 Å². The van der Waals surface area contributed by atoms with Crippen LogP contribution in [0.4, 0.5) is 0 Å². The Bertz CT molecular complexity index is 107. The minimum Gasteiger partial charge on any atom is -0.396 e. The van der Waals surface area contributed by atoms with Gasteiger partial charge >= 0.3 is 0 Å². The number of nitrogens with zero attached hydrogens (tertiary/aromatic N) is 1. The molecule has 0 atom stereocenters. The number of oxime groups is 1. The molecule has 1 N–H and O–H groups in total. The molecule has 0 aromatic carbocycles. The van der Waals surface area contributed by atoms with Gasteiger partial charge in [-0.3, -0.25) is 0 Å². The van der Waals surface area contributed by atoms with Crippen molar-refractivity contribution in [2.24, 2.45) is 5.16 Å². The van der Waals surface area contributed by atoms with Gasteiger partial charge in [0, 0.05) is 13.0 Å². The molecule has 0 bridgehead atoms. The van der Waals surface area contributed by atoms with E-state index in [1.54, 1.807) is 0 Å². The molecule has 0 aliphatic carbocycles. The van der Waals surface area contributed by atoms with Crippen LogP contribution in [0, 0.1) is 0 Å². The fourth-order valence-electron chi connectivity index (χ4n) is 0.645. The minimum atomic E-state index is 0.170. The average molecular weight is 159 g/mol. The number of aliphatic hydroxyl groups excluding tert-OH is 1. The van der Waals surface area contributed by atoms with Gasteiger partial charge in [0.2, 0.25) is 0 Å². The molecule has 0 aromatic heterocycles. The third kappa shape index (κ3) is 5.85. The normalized spacial score (nSPS) is 9.36. The summed E-state index contributed by atoms with van der Waals surface area (Å²) in [6, 6.07) is 0. The van der Waals surface area contributed by atoms with E-state index in [0.29, 0.717) is 13.0 Å². The van der Waals surface area contributed by atoms with Gasteiger partial charge in [0.05, 0.1) is 5.71 Å². The summed E-state index contributed by atoms with van der Waals surface area (Å²) in [5.74, 6) is 0. The fraction of sp³-hybridized carbons (Fsp3) is 0.875. The highest BCUT2D eigenvalue weighted by Crippen LogP contribution is 1.93. The molecule has 0 spiro atoms. The Morgan fingerprint density at radius 3 is 2.45 bits per heavy atom. The van der Waals surface area contributed by atoms with E-state index in [4.69, 9.17) is 9.94 Å². The molecule has 66 valence electrons. The summed E-state index contributed by atoms with van der Waals surface area (Å²) in [7, 11) is 0. The van der Waals surface area contributed by atoms with Crippen molar-refractivity contribution in [1.29, 1.82) is 0 Å². The highest BCUT2D eigenvalue weighted by molar-refractivity contribution is 5.83. The van der Waals surface area contributed by atoms with E-state index in [-0.39, 0.29) is 6.61 Å². The van der Waals surface area contributed by atoms with Crippen molar-refractivity contribution in [1.82, 2.24) is 0 Å². The lowest BCUT2D eigenvalue weighted by atomic mass is 10.2. The second-order valence-electron chi connectivity index (χ2n) is 2.28. The van der Waals surface area contributed by atoms with Crippen molar-refractivity contribution in [2.75, 3.05) is 13.2 Å². The molecule has 3 nitrogen and oxygen atoms in total. The maximum Gasteiger partial charge on any atom is 0.119 e. The van der Waals surface area contributed by atoms with E-state index in [2.05, 4.69) is 19.0 Å². The van der Waals surface area contributed by atoms with E-state index in [1.807, 2.05) is 0 Å². The number of aliphatic hydroxyl groups is 1. The first-order valence-electron chi connectivity index (χ1n) is 4.13. The molecular weight excluding hydrogens is 142 g/mol. The molecule has 0 aliphatic heterocycles. The lowest BCUT2D eigenvalue weighted by molar-refractivity contribution is 0.123. The Balaban J connectivity index is 3.37. The van der Waals surface area contributed by atoms with E-state index in [9.17, 15) is 0 Å². The zero-order valence-corrected chi connectivity index (χ0v) is 7.34. The molecule has 0 fully saturated rings. The maximum absolute atomic E-state index is 8.42. The summed E-state index contributed by atoms with van der Waals surface area (Å²) >= 11 is 0. The van der Waals surface area contributed by atoms with Gasteiger partial charge in [-0.2, -0.15) is 0 Å². The summed E-state index contributed by atoms with van der Waals surface area (Å²) in [6.07, 6.45) is 2.54. The molecule has 0 aromatic rings. The molecule has 0 unspecified atom stereocenters. The van der Waals surface area contributed by atoms with Crippen LogP contribution in [0.2, 0.25) is 0 Å². The molecule has 0 rings (SSSR count). The summed E-state index contributed by atoms with van der Waals surface area (Å²) in [5, 5.41) is 12.3. The SMILES string of the molecule is CCC(CC)=NOCCCO. The summed E-state index contributed by atoms with van der Waals surface area (Å²) in [5.41, 5.74) is 1.07. The lowest BCUT2D eigenvalue weighted by Crippen LogP contribution is -1.97. The van der Waals surface area contributed by atoms with E-state index < -0.39 is 0 Å². The molecular formula is C8H17NO2. The van der Waals surface area contributed by atoms with Crippen molar-refractivity contribution in [3.8, 4) is 0 Å². The average Bonchev–Trinajstić information content (AvgIpc) is 2.05. The molecule has 0 saturated heterocycles. The number of hydrogen-bond acceptors (Lipinski definition) is 3. The monoisotopic (exact) mass is 159 g/mol. The van der Waals surface area contributed by atoms with Crippen LogP contribution in [0.15, 0.2) is 5.16 Å². The number of hydrogen-bond donors (Lipinski definition) is 1. The van der Waals surface area contributed by atoms with Gasteiger partial charge in [0.1, 0.15) is 6.61 Å². The highest BCUT2D eigenvalue weighted by Gasteiger charge is 1.91. The van der Waals surface area contributed by atoms with Crippen molar-refractivity contribution < 1.29 is 9.94 Å². The quantitative estimate of drug-likeness (QED) is 0.363. The van der Waals surface area contributed by atoms with Crippen molar-refractivity contribution in [2.45, 2.75) is 33.1 Å². The van der Waals surface area contributed by atoms with Crippen LogP contribution < -0.4 is 0 Å². The Morgan fingerprint density at radius 1 is 1.36 bits per heavy atom. The van der Waals surface area contributed by atoms with Gasteiger partial charge in [0.25, 0.3) is 0 Å². The maximum atomic E-state index is 8.42. The summed E-state index contributed by atoms with van der Waals surface area (Å²) in [6.45, 7) is 4.79.